The Labute approximate surface area is 102 Å². The molecule has 0 amide bonds. The molecule has 1 fully saturated rings. The van der Waals surface area contributed by atoms with Gasteiger partial charge in [-0.15, -0.1) is 0 Å². The molecule has 92 valence electrons. The Balaban J connectivity index is 1.78. The van der Waals surface area contributed by atoms with Gasteiger partial charge in [0.05, 0.1) is 13.0 Å². The smallest absolute Gasteiger partial charge is 0.152 e. The van der Waals surface area contributed by atoms with Crippen LogP contribution in [0.2, 0.25) is 0 Å². The highest BCUT2D eigenvalue weighted by molar-refractivity contribution is 5.82. The summed E-state index contributed by atoms with van der Waals surface area (Å²) >= 11 is 0. The first-order valence-electron chi connectivity index (χ1n) is 6.06. The zero-order chi connectivity index (χ0) is 12.1. The molecule has 0 N–H and O–H groups in total. The normalized spacial score (nSPS) is 18.2. The number of pyridine rings is 1. The summed E-state index contributed by atoms with van der Waals surface area (Å²) in [5.41, 5.74) is 0.867. The van der Waals surface area contributed by atoms with Gasteiger partial charge in [-0.1, -0.05) is 6.07 Å². The Morgan fingerprint density at radius 2 is 2.06 bits per heavy atom. The van der Waals surface area contributed by atoms with Crippen molar-refractivity contribution < 1.29 is 4.79 Å². The largest absolute Gasteiger partial charge is 0.304 e. The summed E-state index contributed by atoms with van der Waals surface area (Å²) in [6.07, 6.45) is 2.19. The number of carbonyl (C=O) groups is 1. The lowest BCUT2D eigenvalue weighted by molar-refractivity contribution is -0.120. The Kier molecular flexibility index (Phi) is 4.23. The zero-order valence-electron chi connectivity index (χ0n) is 10.3. The van der Waals surface area contributed by atoms with Gasteiger partial charge in [-0.05, 0) is 19.2 Å². The predicted octanol–water partition coefficient (Wildman–Crippen LogP) is 0.441. The van der Waals surface area contributed by atoms with Crippen LogP contribution >= 0.6 is 0 Å². The second-order valence-corrected chi connectivity index (χ2v) is 4.62. The molecule has 0 radical (unpaired) electrons. The number of carbonyl (C=O) groups excluding carboxylic acids is 1. The fourth-order valence-electron chi connectivity index (χ4n) is 2.02. The molecule has 1 aliphatic rings. The second kappa shape index (κ2) is 5.89. The number of likely N-dealkylation sites (N-methyl/N-ethyl adjacent to an activating group) is 1. The van der Waals surface area contributed by atoms with E-state index in [-0.39, 0.29) is 5.78 Å². The van der Waals surface area contributed by atoms with Crippen molar-refractivity contribution >= 4 is 5.78 Å². The van der Waals surface area contributed by atoms with Crippen molar-refractivity contribution in [2.45, 2.75) is 6.42 Å². The van der Waals surface area contributed by atoms with E-state index in [9.17, 15) is 4.79 Å². The Morgan fingerprint density at radius 1 is 1.29 bits per heavy atom. The second-order valence-electron chi connectivity index (χ2n) is 4.62. The lowest BCUT2D eigenvalue weighted by Crippen LogP contribution is -2.46. The van der Waals surface area contributed by atoms with E-state index in [4.69, 9.17) is 0 Å². The van der Waals surface area contributed by atoms with Gasteiger partial charge in [-0.25, -0.2) is 0 Å². The molecule has 0 bridgehead atoms. The summed E-state index contributed by atoms with van der Waals surface area (Å²) in [5.74, 6) is 0.258. The highest BCUT2D eigenvalue weighted by Crippen LogP contribution is 2.01. The van der Waals surface area contributed by atoms with Gasteiger partial charge in [0.2, 0.25) is 0 Å². The molecule has 0 aliphatic carbocycles. The van der Waals surface area contributed by atoms with Crippen LogP contribution in [0.25, 0.3) is 0 Å². The maximum absolute atomic E-state index is 11.9. The van der Waals surface area contributed by atoms with E-state index in [2.05, 4.69) is 21.8 Å². The van der Waals surface area contributed by atoms with E-state index in [0.717, 1.165) is 31.9 Å². The lowest BCUT2D eigenvalue weighted by Gasteiger charge is -2.31. The minimum atomic E-state index is 0.258. The van der Waals surface area contributed by atoms with Crippen LogP contribution in [0.4, 0.5) is 0 Å². The van der Waals surface area contributed by atoms with E-state index in [0.29, 0.717) is 13.0 Å². The minimum absolute atomic E-state index is 0.258. The molecule has 1 aliphatic heterocycles. The number of hydrogen-bond acceptors (Lipinski definition) is 4. The van der Waals surface area contributed by atoms with Gasteiger partial charge in [0, 0.05) is 38.1 Å². The van der Waals surface area contributed by atoms with Gasteiger partial charge < -0.3 is 4.90 Å². The standard InChI is InChI=1S/C13H19N3O/c1-15-6-8-16(9-7-15)11-13(17)10-12-4-2-3-5-14-12/h2-5H,6-11H2,1H3. The van der Waals surface area contributed by atoms with Crippen molar-refractivity contribution in [3.63, 3.8) is 0 Å². The Morgan fingerprint density at radius 3 is 2.71 bits per heavy atom. The molecule has 4 heteroatoms. The molecule has 0 saturated carbocycles. The maximum Gasteiger partial charge on any atom is 0.152 e. The quantitative estimate of drug-likeness (QED) is 0.756. The lowest BCUT2D eigenvalue weighted by atomic mass is 10.2. The van der Waals surface area contributed by atoms with Gasteiger partial charge in [-0.2, -0.15) is 0 Å². The third-order valence-electron chi connectivity index (χ3n) is 3.10. The third-order valence-corrected chi connectivity index (χ3v) is 3.10. The topological polar surface area (TPSA) is 36.4 Å². The monoisotopic (exact) mass is 233 g/mol. The third kappa shape index (κ3) is 3.91. The first-order chi connectivity index (χ1) is 8.24. The van der Waals surface area contributed by atoms with Crippen LogP contribution < -0.4 is 0 Å². The van der Waals surface area contributed by atoms with Crippen LogP contribution in [-0.2, 0) is 11.2 Å². The van der Waals surface area contributed by atoms with Crippen molar-refractivity contribution in [3.05, 3.63) is 30.1 Å². The molecule has 0 unspecified atom stereocenters. The number of hydrogen-bond donors (Lipinski definition) is 0. The molecule has 0 spiro atoms. The van der Waals surface area contributed by atoms with Crippen molar-refractivity contribution in [1.29, 1.82) is 0 Å². The fraction of sp³-hybridized carbons (Fsp3) is 0.538. The van der Waals surface area contributed by atoms with E-state index >= 15 is 0 Å². The Bertz CT molecular complexity index is 358. The first-order valence-corrected chi connectivity index (χ1v) is 6.06. The molecule has 0 aromatic carbocycles. The van der Waals surface area contributed by atoms with Crippen LogP contribution in [0.1, 0.15) is 5.69 Å². The zero-order valence-corrected chi connectivity index (χ0v) is 10.3. The molecule has 17 heavy (non-hydrogen) atoms. The van der Waals surface area contributed by atoms with Crippen LogP contribution in [0.3, 0.4) is 0 Å². The summed E-state index contributed by atoms with van der Waals surface area (Å²) in [6, 6.07) is 5.70. The maximum atomic E-state index is 11.9. The number of piperazine rings is 1. The minimum Gasteiger partial charge on any atom is -0.304 e. The first kappa shape index (κ1) is 12.2. The van der Waals surface area contributed by atoms with Crippen LogP contribution in [-0.4, -0.2) is 60.3 Å². The molecular formula is C13H19N3O. The van der Waals surface area contributed by atoms with Crippen LogP contribution in [0, 0.1) is 0 Å². The van der Waals surface area contributed by atoms with Crippen molar-refractivity contribution in [1.82, 2.24) is 14.8 Å². The van der Waals surface area contributed by atoms with Crippen LogP contribution in [0.15, 0.2) is 24.4 Å². The average Bonchev–Trinajstić information content (AvgIpc) is 2.33. The molecule has 4 nitrogen and oxygen atoms in total. The van der Waals surface area contributed by atoms with Gasteiger partial charge >= 0.3 is 0 Å². The Hall–Kier alpha value is -1.26. The summed E-state index contributed by atoms with van der Waals surface area (Å²) in [7, 11) is 2.12. The average molecular weight is 233 g/mol. The summed E-state index contributed by atoms with van der Waals surface area (Å²) in [4.78, 5) is 20.6. The number of rotatable bonds is 4. The SMILES string of the molecule is CN1CCN(CC(=O)Cc2ccccn2)CC1. The highest BCUT2D eigenvalue weighted by atomic mass is 16.1. The number of Topliss-reactive ketones (excluding diaryl/α,β-unsaturated/α-hetero) is 1. The van der Waals surface area contributed by atoms with Crippen molar-refractivity contribution in [2.24, 2.45) is 0 Å². The van der Waals surface area contributed by atoms with Crippen molar-refractivity contribution in [3.8, 4) is 0 Å². The highest BCUT2D eigenvalue weighted by Gasteiger charge is 2.16. The van der Waals surface area contributed by atoms with Gasteiger partial charge in [-0.3, -0.25) is 14.7 Å². The van der Waals surface area contributed by atoms with E-state index in [1.54, 1.807) is 6.20 Å². The van der Waals surface area contributed by atoms with Gasteiger partial charge in [0.15, 0.2) is 5.78 Å². The fourth-order valence-corrected chi connectivity index (χ4v) is 2.02. The predicted molar refractivity (Wildman–Crippen MR) is 66.9 cm³/mol. The number of ketones is 1. The molecular weight excluding hydrogens is 214 g/mol. The van der Waals surface area contributed by atoms with Gasteiger partial charge in [0.25, 0.3) is 0 Å². The summed E-state index contributed by atoms with van der Waals surface area (Å²) in [5, 5.41) is 0. The molecule has 1 saturated heterocycles. The summed E-state index contributed by atoms with van der Waals surface area (Å²) < 4.78 is 0. The van der Waals surface area contributed by atoms with Crippen molar-refractivity contribution in [2.75, 3.05) is 39.8 Å². The van der Waals surface area contributed by atoms with E-state index in [1.807, 2.05) is 18.2 Å². The number of aromatic nitrogens is 1. The molecule has 2 rings (SSSR count). The molecule has 1 aromatic rings. The summed E-state index contributed by atoms with van der Waals surface area (Å²) in [6.45, 7) is 4.65. The van der Waals surface area contributed by atoms with E-state index < -0.39 is 0 Å². The molecule has 0 atom stereocenters. The van der Waals surface area contributed by atoms with Gasteiger partial charge in [0.1, 0.15) is 0 Å². The molecule has 1 aromatic heterocycles. The molecule has 2 heterocycles. The van der Waals surface area contributed by atoms with Crippen LogP contribution in [0.5, 0.6) is 0 Å². The number of nitrogens with zero attached hydrogens (tertiary/aromatic N) is 3. The van der Waals surface area contributed by atoms with E-state index in [1.165, 1.54) is 0 Å².